The lowest BCUT2D eigenvalue weighted by Gasteiger charge is -2.33. The molecule has 0 spiro atoms. The van der Waals surface area contributed by atoms with Crippen molar-refractivity contribution in [3.8, 4) is 5.75 Å². The number of benzene rings is 3. The highest BCUT2D eigenvalue weighted by molar-refractivity contribution is 7.92. The molecule has 0 saturated carbocycles. The number of nitrogens with one attached hydrogen (secondary N) is 1. The molecular weight excluding hydrogens is 569 g/mol. The Morgan fingerprint density at radius 2 is 1.71 bits per heavy atom. The molecule has 2 atom stereocenters. The van der Waals surface area contributed by atoms with Gasteiger partial charge in [0.05, 0.1) is 17.7 Å². The fraction of sp³-hybridized carbons (Fsp3) is 0.333. The van der Waals surface area contributed by atoms with Gasteiger partial charge in [0.15, 0.2) is 0 Å². The van der Waals surface area contributed by atoms with E-state index in [2.05, 4.69) is 5.32 Å². The lowest BCUT2D eigenvalue weighted by molar-refractivity contribution is -0.139. The molecule has 0 radical (unpaired) electrons. The number of methoxy groups -OCH3 is 1. The molecule has 2 amide bonds. The molecule has 3 aromatic rings. The lowest BCUT2D eigenvalue weighted by Crippen LogP contribution is -2.52. The number of halogens is 2. The first-order chi connectivity index (χ1) is 19.4. The summed E-state index contributed by atoms with van der Waals surface area (Å²) in [5, 5.41) is 3.07. The molecule has 3 aromatic carbocycles. The van der Waals surface area contributed by atoms with Gasteiger partial charge in [0.1, 0.15) is 24.2 Å². The highest BCUT2D eigenvalue weighted by Crippen LogP contribution is 2.35. The molecule has 1 N–H and O–H groups in total. The summed E-state index contributed by atoms with van der Waals surface area (Å²) in [5.74, 6) is -1.56. The van der Waals surface area contributed by atoms with Crippen LogP contribution < -0.4 is 14.4 Å². The number of rotatable bonds is 12. The summed E-state index contributed by atoms with van der Waals surface area (Å²) in [6.07, 6.45) is 0.664. The van der Waals surface area contributed by atoms with Crippen LogP contribution >= 0.6 is 11.6 Å². The maximum atomic E-state index is 14.7. The number of aryl methyl sites for hydroxylation is 1. The number of amides is 2. The van der Waals surface area contributed by atoms with Gasteiger partial charge in [0.2, 0.25) is 11.8 Å². The number of nitrogens with zero attached hydrogens (tertiary/aromatic N) is 2. The van der Waals surface area contributed by atoms with Gasteiger partial charge in [-0.2, -0.15) is 0 Å². The van der Waals surface area contributed by atoms with Gasteiger partial charge in [-0.15, -0.1) is 0 Å². The maximum absolute atomic E-state index is 14.7. The van der Waals surface area contributed by atoms with E-state index < -0.39 is 40.2 Å². The summed E-state index contributed by atoms with van der Waals surface area (Å²) >= 11 is 6.25. The summed E-state index contributed by atoms with van der Waals surface area (Å²) in [6.45, 7) is 6.12. The fourth-order valence-electron chi connectivity index (χ4n) is 4.07. The molecule has 8 nitrogen and oxygen atoms in total. The average Bonchev–Trinajstić information content (AvgIpc) is 2.95. The van der Waals surface area contributed by atoms with Gasteiger partial charge in [-0.05, 0) is 63.6 Å². The molecule has 3 rings (SSSR count). The van der Waals surface area contributed by atoms with Crippen molar-refractivity contribution >= 4 is 39.1 Å². The van der Waals surface area contributed by atoms with Crippen LogP contribution in [0.25, 0.3) is 0 Å². The summed E-state index contributed by atoms with van der Waals surface area (Å²) in [4.78, 5) is 28.2. The van der Waals surface area contributed by atoms with Crippen LogP contribution in [0.1, 0.15) is 38.3 Å². The molecular formula is C30H35ClFN3O5S. The summed E-state index contributed by atoms with van der Waals surface area (Å²) < 4.78 is 49.0. The zero-order valence-corrected chi connectivity index (χ0v) is 25.3. The number of carbonyl (C=O) groups excluding carboxylic acids is 2. The number of anilines is 1. The highest BCUT2D eigenvalue weighted by atomic mass is 35.5. The van der Waals surface area contributed by atoms with E-state index in [0.29, 0.717) is 6.42 Å². The summed E-state index contributed by atoms with van der Waals surface area (Å²) in [6, 6.07) is 15.3. The first kappa shape index (κ1) is 31.9. The number of carbonyl (C=O) groups is 2. The molecule has 0 saturated heterocycles. The van der Waals surface area contributed by atoms with E-state index in [4.69, 9.17) is 16.3 Å². The van der Waals surface area contributed by atoms with Crippen molar-refractivity contribution in [2.75, 3.05) is 18.0 Å². The van der Waals surface area contributed by atoms with E-state index in [1.807, 2.05) is 20.8 Å². The van der Waals surface area contributed by atoms with Crippen LogP contribution in [0.3, 0.4) is 0 Å². The van der Waals surface area contributed by atoms with E-state index in [0.717, 1.165) is 9.87 Å². The Morgan fingerprint density at radius 3 is 2.32 bits per heavy atom. The molecule has 0 aliphatic heterocycles. The molecule has 220 valence electrons. The quantitative estimate of drug-likeness (QED) is 0.302. The smallest absolute Gasteiger partial charge is 0.264 e. The minimum absolute atomic E-state index is 0.0384. The molecule has 0 unspecified atom stereocenters. The summed E-state index contributed by atoms with van der Waals surface area (Å²) in [5.41, 5.74) is 1.07. The Morgan fingerprint density at radius 1 is 1.05 bits per heavy atom. The van der Waals surface area contributed by atoms with E-state index in [-0.39, 0.29) is 39.5 Å². The zero-order chi connectivity index (χ0) is 30.3. The van der Waals surface area contributed by atoms with Gasteiger partial charge in [-0.3, -0.25) is 13.9 Å². The first-order valence-corrected chi connectivity index (χ1v) is 15.0. The van der Waals surface area contributed by atoms with Crippen molar-refractivity contribution in [1.82, 2.24) is 10.2 Å². The van der Waals surface area contributed by atoms with Crippen LogP contribution in [0.5, 0.6) is 5.75 Å². The van der Waals surface area contributed by atoms with Gasteiger partial charge >= 0.3 is 0 Å². The standard InChI is InChI=1S/C30H35ClFN3O5S/c1-6-21(3)33-30(37)22(4)34(18-23-9-7-8-10-26(23)32)29(36)19-35(27-17-24(31)13-16-28(27)40-5)41(38,39)25-14-11-20(2)12-15-25/h7-17,21-22H,6,18-19H2,1-5H3,(H,33,37)/t21-,22-/m0/s1. The third kappa shape index (κ3) is 7.77. The molecule has 0 heterocycles. The van der Waals surface area contributed by atoms with Crippen LogP contribution in [-0.4, -0.2) is 50.9 Å². The topological polar surface area (TPSA) is 96.0 Å². The van der Waals surface area contributed by atoms with Crippen molar-refractivity contribution in [3.63, 3.8) is 0 Å². The molecule has 41 heavy (non-hydrogen) atoms. The first-order valence-electron chi connectivity index (χ1n) is 13.1. The number of ether oxygens (including phenoxy) is 1. The highest BCUT2D eigenvalue weighted by Gasteiger charge is 2.34. The third-order valence-corrected chi connectivity index (χ3v) is 8.77. The van der Waals surface area contributed by atoms with Crippen LogP contribution in [0, 0.1) is 12.7 Å². The van der Waals surface area contributed by atoms with Crippen molar-refractivity contribution < 1.29 is 27.1 Å². The minimum Gasteiger partial charge on any atom is -0.495 e. The van der Waals surface area contributed by atoms with Crippen molar-refractivity contribution in [3.05, 3.63) is 88.7 Å². The van der Waals surface area contributed by atoms with Gasteiger partial charge in [-0.25, -0.2) is 12.8 Å². The SMILES string of the molecule is CC[C@H](C)NC(=O)[C@H](C)N(Cc1ccccc1F)C(=O)CN(c1cc(Cl)ccc1OC)S(=O)(=O)c1ccc(C)cc1. The maximum Gasteiger partial charge on any atom is 0.264 e. The van der Waals surface area contributed by atoms with Crippen LogP contribution in [0.2, 0.25) is 5.02 Å². The molecule has 11 heteroatoms. The number of hydrogen-bond acceptors (Lipinski definition) is 5. The molecule has 0 aliphatic rings. The second-order valence-electron chi connectivity index (χ2n) is 9.75. The number of sulfonamides is 1. The van der Waals surface area contributed by atoms with Crippen molar-refractivity contribution in [2.45, 2.75) is 57.6 Å². The fourth-order valence-corrected chi connectivity index (χ4v) is 5.65. The van der Waals surface area contributed by atoms with Gasteiger partial charge in [-0.1, -0.05) is 54.4 Å². The molecule has 0 bridgehead atoms. The largest absolute Gasteiger partial charge is 0.495 e. The van der Waals surface area contributed by atoms with Crippen molar-refractivity contribution in [2.24, 2.45) is 0 Å². The average molecular weight is 604 g/mol. The molecule has 0 fully saturated rings. The van der Waals surface area contributed by atoms with E-state index in [9.17, 15) is 22.4 Å². The second-order valence-corrected chi connectivity index (χ2v) is 12.0. The Kier molecular flexibility index (Phi) is 10.8. The second kappa shape index (κ2) is 13.8. The lowest BCUT2D eigenvalue weighted by atomic mass is 10.1. The van der Waals surface area contributed by atoms with E-state index in [1.54, 1.807) is 18.2 Å². The Bertz CT molecular complexity index is 1480. The monoisotopic (exact) mass is 603 g/mol. The normalized spacial score (nSPS) is 12.8. The Hall–Kier alpha value is -3.63. The number of hydrogen-bond donors (Lipinski definition) is 1. The van der Waals surface area contributed by atoms with E-state index >= 15 is 0 Å². The molecule has 0 aliphatic carbocycles. The zero-order valence-electron chi connectivity index (χ0n) is 23.7. The summed E-state index contributed by atoms with van der Waals surface area (Å²) in [7, 11) is -2.95. The predicted octanol–water partition coefficient (Wildman–Crippen LogP) is 5.32. The van der Waals surface area contributed by atoms with Gasteiger partial charge in [0.25, 0.3) is 10.0 Å². The van der Waals surface area contributed by atoms with Gasteiger partial charge < -0.3 is 15.0 Å². The Balaban J connectivity index is 2.11. The van der Waals surface area contributed by atoms with Crippen LogP contribution in [0.15, 0.2) is 71.6 Å². The van der Waals surface area contributed by atoms with Crippen LogP contribution in [0.4, 0.5) is 10.1 Å². The Labute approximate surface area is 246 Å². The minimum atomic E-state index is -4.33. The van der Waals surface area contributed by atoms with Crippen molar-refractivity contribution in [1.29, 1.82) is 0 Å². The van der Waals surface area contributed by atoms with Gasteiger partial charge in [0, 0.05) is 23.2 Å². The van der Waals surface area contributed by atoms with E-state index in [1.165, 1.54) is 67.5 Å². The predicted molar refractivity (Wildman–Crippen MR) is 158 cm³/mol. The van der Waals surface area contributed by atoms with Crippen LogP contribution in [-0.2, 0) is 26.2 Å². The molecule has 0 aromatic heterocycles. The third-order valence-electron chi connectivity index (χ3n) is 6.76.